The summed E-state index contributed by atoms with van der Waals surface area (Å²) in [6, 6.07) is 6.61. The maximum Gasteiger partial charge on any atom is 0.280 e. The van der Waals surface area contributed by atoms with Crippen LogP contribution in [0.3, 0.4) is 0 Å². The monoisotopic (exact) mass is 448 g/mol. The zero-order valence-corrected chi connectivity index (χ0v) is 16.8. The molecule has 3 aromatic rings. The molecule has 31 heavy (non-hydrogen) atoms. The van der Waals surface area contributed by atoms with Crippen molar-refractivity contribution in [2.45, 2.75) is 11.8 Å². The number of aromatic nitrogens is 4. The van der Waals surface area contributed by atoms with Crippen LogP contribution in [0.5, 0.6) is 0 Å². The summed E-state index contributed by atoms with van der Waals surface area (Å²) in [6.07, 6.45) is 3.29. The predicted octanol–water partition coefficient (Wildman–Crippen LogP) is 1.18. The van der Waals surface area contributed by atoms with Crippen molar-refractivity contribution in [3.8, 4) is 5.82 Å². The average molecular weight is 448 g/mol. The number of hydrogen-bond donors (Lipinski definition) is 2. The lowest BCUT2D eigenvalue weighted by atomic mass is 10.1. The summed E-state index contributed by atoms with van der Waals surface area (Å²) in [6.45, 7) is 1.19. The Balaban J connectivity index is 1.65. The largest absolute Gasteiger partial charge is 0.367 e. The van der Waals surface area contributed by atoms with Crippen LogP contribution in [0.2, 0.25) is 0 Å². The van der Waals surface area contributed by atoms with E-state index in [1.165, 1.54) is 11.6 Å². The van der Waals surface area contributed by atoms with Gasteiger partial charge in [-0.2, -0.15) is 5.10 Å². The topological polar surface area (TPSA) is 188 Å². The van der Waals surface area contributed by atoms with E-state index in [1.54, 1.807) is 30.6 Å². The van der Waals surface area contributed by atoms with Crippen molar-refractivity contribution in [2.75, 3.05) is 18.4 Å². The molecule has 0 aliphatic rings. The first-order valence-corrected chi connectivity index (χ1v) is 10.2. The van der Waals surface area contributed by atoms with Crippen LogP contribution < -0.4 is 10.0 Å². The van der Waals surface area contributed by atoms with Gasteiger partial charge < -0.3 is 5.32 Å². The zero-order chi connectivity index (χ0) is 22.6. The molecular weight excluding hydrogens is 432 g/mol. The molecular formula is C16H16N8O6S. The Labute approximate surface area is 175 Å². The van der Waals surface area contributed by atoms with Crippen molar-refractivity contribution in [3.05, 3.63) is 68.5 Å². The molecule has 3 rings (SSSR count). The molecule has 0 unspecified atom stereocenters. The number of nitro groups is 2. The Hall–Kier alpha value is -3.98. The summed E-state index contributed by atoms with van der Waals surface area (Å²) in [7, 11) is -4.23. The molecule has 162 valence electrons. The third-order valence-electron chi connectivity index (χ3n) is 4.14. The van der Waals surface area contributed by atoms with Crippen LogP contribution >= 0.6 is 0 Å². The van der Waals surface area contributed by atoms with Crippen molar-refractivity contribution in [1.29, 1.82) is 0 Å². The molecule has 15 heteroatoms. The number of nitro benzene ring substituents is 2. The smallest absolute Gasteiger partial charge is 0.280 e. The van der Waals surface area contributed by atoms with E-state index in [-0.39, 0.29) is 18.7 Å². The van der Waals surface area contributed by atoms with Crippen molar-refractivity contribution < 1.29 is 18.3 Å². The van der Waals surface area contributed by atoms with E-state index in [0.29, 0.717) is 11.6 Å². The van der Waals surface area contributed by atoms with Gasteiger partial charge in [-0.05, 0) is 25.1 Å². The van der Waals surface area contributed by atoms with Gasteiger partial charge in [0.1, 0.15) is 11.4 Å². The molecule has 2 heterocycles. The van der Waals surface area contributed by atoms with E-state index in [4.69, 9.17) is 0 Å². The number of nitrogens with zero attached hydrogens (tertiary/aromatic N) is 6. The molecule has 1 aromatic carbocycles. The first-order chi connectivity index (χ1) is 14.7. The van der Waals surface area contributed by atoms with Crippen molar-refractivity contribution in [2.24, 2.45) is 0 Å². The van der Waals surface area contributed by atoms with Gasteiger partial charge in [0.05, 0.1) is 14.7 Å². The number of benzene rings is 1. The Morgan fingerprint density at radius 2 is 1.74 bits per heavy atom. The van der Waals surface area contributed by atoms with Crippen LogP contribution in [0.25, 0.3) is 5.82 Å². The number of hydrogen-bond acceptors (Lipinski definition) is 10. The summed E-state index contributed by atoms with van der Waals surface area (Å²) in [5.41, 5.74) is -1.53. The molecule has 0 aliphatic carbocycles. The SMILES string of the molecule is Cc1c([N+](=O)[O-])cc(S(=O)(=O)NCCNc2ccc(-n3cccn3)nn2)cc1[N+](=O)[O-]. The van der Waals surface area contributed by atoms with Crippen molar-refractivity contribution in [3.63, 3.8) is 0 Å². The number of rotatable bonds is 9. The Morgan fingerprint density at radius 1 is 1.06 bits per heavy atom. The minimum Gasteiger partial charge on any atom is -0.367 e. The van der Waals surface area contributed by atoms with Crippen LogP contribution in [-0.2, 0) is 10.0 Å². The minimum atomic E-state index is -4.23. The van der Waals surface area contributed by atoms with Gasteiger partial charge >= 0.3 is 0 Å². The van der Waals surface area contributed by atoms with Gasteiger partial charge in [0, 0.05) is 37.6 Å². The van der Waals surface area contributed by atoms with Crippen molar-refractivity contribution >= 4 is 27.2 Å². The minimum absolute atomic E-state index is 0.111. The first-order valence-electron chi connectivity index (χ1n) is 8.70. The van der Waals surface area contributed by atoms with E-state index in [1.807, 2.05) is 0 Å². The highest BCUT2D eigenvalue weighted by Crippen LogP contribution is 2.31. The van der Waals surface area contributed by atoms with Crippen LogP contribution in [0.15, 0.2) is 47.6 Å². The van der Waals surface area contributed by atoms with E-state index < -0.39 is 36.1 Å². The Kier molecular flexibility index (Phi) is 6.17. The highest BCUT2D eigenvalue weighted by atomic mass is 32.2. The second-order valence-corrected chi connectivity index (χ2v) is 7.92. The zero-order valence-electron chi connectivity index (χ0n) is 16.0. The van der Waals surface area contributed by atoms with Gasteiger partial charge in [0.15, 0.2) is 5.82 Å². The average Bonchev–Trinajstić information content (AvgIpc) is 3.26. The van der Waals surface area contributed by atoms with E-state index in [9.17, 15) is 28.6 Å². The molecule has 0 aliphatic heterocycles. The predicted molar refractivity (Wildman–Crippen MR) is 107 cm³/mol. The molecule has 2 N–H and O–H groups in total. The van der Waals surface area contributed by atoms with E-state index in [2.05, 4.69) is 25.3 Å². The third kappa shape index (κ3) is 4.96. The Morgan fingerprint density at radius 3 is 2.26 bits per heavy atom. The fourth-order valence-corrected chi connectivity index (χ4v) is 3.67. The van der Waals surface area contributed by atoms with Gasteiger partial charge in [-0.15, -0.1) is 10.2 Å². The van der Waals surface area contributed by atoms with E-state index in [0.717, 1.165) is 12.1 Å². The maximum absolute atomic E-state index is 12.5. The number of anilines is 1. The summed E-state index contributed by atoms with van der Waals surface area (Å²) < 4.78 is 28.7. The second-order valence-electron chi connectivity index (χ2n) is 6.15. The number of nitrogens with one attached hydrogen (secondary N) is 2. The molecule has 0 radical (unpaired) electrons. The van der Waals surface area contributed by atoms with Crippen molar-refractivity contribution in [1.82, 2.24) is 24.7 Å². The van der Waals surface area contributed by atoms with Crippen LogP contribution in [0.1, 0.15) is 5.56 Å². The van der Waals surface area contributed by atoms with Gasteiger partial charge in [-0.25, -0.2) is 17.8 Å². The molecule has 0 saturated heterocycles. The normalized spacial score (nSPS) is 11.3. The lowest BCUT2D eigenvalue weighted by molar-refractivity contribution is -0.395. The molecule has 2 aromatic heterocycles. The Bertz CT molecular complexity index is 1180. The highest BCUT2D eigenvalue weighted by molar-refractivity contribution is 7.89. The molecule has 0 bridgehead atoms. The fourth-order valence-electron chi connectivity index (χ4n) is 2.60. The summed E-state index contributed by atoms with van der Waals surface area (Å²) in [5, 5.41) is 37.1. The summed E-state index contributed by atoms with van der Waals surface area (Å²) >= 11 is 0. The molecule has 0 saturated carbocycles. The molecule has 0 spiro atoms. The lowest BCUT2D eigenvalue weighted by Gasteiger charge is -2.09. The highest BCUT2D eigenvalue weighted by Gasteiger charge is 2.27. The fraction of sp³-hybridized carbons (Fsp3) is 0.188. The maximum atomic E-state index is 12.5. The second kappa shape index (κ2) is 8.80. The van der Waals surface area contributed by atoms with E-state index >= 15 is 0 Å². The quantitative estimate of drug-likeness (QED) is 0.273. The molecule has 0 fully saturated rings. The lowest BCUT2D eigenvalue weighted by Crippen LogP contribution is -2.29. The van der Waals surface area contributed by atoms with Gasteiger partial charge in [-0.1, -0.05) is 0 Å². The molecule has 0 atom stereocenters. The van der Waals surface area contributed by atoms with Crippen LogP contribution in [-0.4, -0.2) is 51.3 Å². The molecule has 0 amide bonds. The summed E-state index contributed by atoms with van der Waals surface area (Å²) in [4.78, 5) is 20.0. The first kappa shape index (κ1) is 21.7. The molecule has 14 nitrogen and oxygen atoms in total. The standard InChI is InChI=1S/C16H16N8O6S/c1-11-13(23(25)26)9-12(10-14(11)24(27)28)31(29,30)19-7-6-17-15-3-4-16(21-20-15)22-8-2-5-18-22/h2-5,8-10,19H,6-7H2,1H3,(H,17,20). The van der Waals surface area contributed by atoms with Gasteiger partial charge in [-0.3, -0.25) is 20.2 Å². The van der Waals surface area contributed by atoms with Crippen LogP contribution in [0.4, 0.5) is 17.2 Å². The van der Waals surface area contributed by atoms with Crippen LogP contribution in [0, 0.1) is 27.2 Å². The summed E-state index contributed by atoms with van der Waals surface area (Å²) in [5.74, 6) is 0.885. The van der Waals surface area contributed by atoms with Gasteiger partial charge in [0.25, 0.3) is 11.4 Å². The third-order valence-corrected chi connectivity index (χ3v) is 5.58. The van der Waals surface area contributed by atoms with Gasteiger partial charge in [0.2, 0.25) is 10.0 Å². The number of sulfonamides is 1.